The maximum absolute atomic E-state index is 13.1. The first-order valence-electron chi connectivity index (χ1n) is 7.64. The van der Waals surface area contributed by atoms with Gasteiger partial charge in [0.2, 0.25) is 5.91 Å². The molecule has 128 valence electrons. The largest absolute Gasteiger partial charge is 0.494 e. The van der Waals surface area contributed by atoms with Crippen molar-refractivity contribution in [2.45, 2.75) is 44.4 Å². The lowest BCUT2D eigenvalue weighted by Crippen LogP contribution is -2.57. The highest BCUT2D eigenvalue weighted by atomic mass is 19.4. The van der Waals surface area contributed by atoms with Crippen molar-refractivity contribution in [2.75, 3.05) is 13.2 Å². The van der Waals surface area contributed by atoms with Gasteiger partial charge in [-0.2, -0.15) is 13.2 Å². The van der Waals surface area contributed by atoms with E-state index in [9.17, 15) is 18.0 Å². The summed E-state index contributed by atoms with van der Waals surface area (Å²) in [6.07, 6.45) is -4.36. The summed E-state index contributed by atoms with van der Waals surface area (Å²) in [5, 5.41) is 0. The summed E-state index contributed by atoms with van der Waals surface area (Å²) in [7, 11) is 0. The van der Waals surface area contributed by atoms with Crippen LogP contribution in [0.5, 0.6) is 5.75 Å². The maximum atomic E-state index is 13.1. The third kappa shape index (κ3) is 4.60. The molecule has 2 rings (SSSR count). The van der Waals surface area contributed by atoms with Crippen LogP contribution in [0.1, 0.15) is 25.3 Å². The minimum absolute atomic E-state index is 0.0555. The van der Waals surface area contributed by atoms with Crippen LogP contribution in [0.15, 0.2) is 24.3 Å². The second-order valence-electron chi connectivity index (χ2n) is 5.69. The summed E-state index contributed by atoms with van der Waals surface area (Å²) >= 11 is 0. The first kappa shape index (κ1) is 17.6. The Hall–Kier alpha value is -1.76. The summed E-state index contributed by atoms with van der Waals surface area (Å²) in [5.41, 5.74) is 6.39. The van der Waals surface area contributed by atoms with Gasteiger partial charge in [0.1, 0.15) is 11.8 Å². The number of carbonyl (C=O) groups excluding carboxylic acids is 1. The number of amides is 1. The van der Waals surface area contributed by atoms with Crippen molar-refractivity contribution in [1.29, 1.82) is 0 Å². The van der Waals surface area contributed by atoms with Crippen LogP contribution in [0.4, 0.5) is 13.2 Å². The Morgan fingerprint density at radius 2 is 1.96 bits per heavy atom. The number of carbonyl (C=O) groups is 1. The molecule has 1 aliphatic rings. The number of piperidine rings is 1. The predicted octanol–water partition coefficient (Wildman–Crippen LogP) is 2.51. The van der Waals surface area contributed by atoms with Gasteiger partial charge in [0, 0.05) is 12.6 Å². The molecule has 0 radical (unpaired) electrons. The normalized spacial score (nSPS) is 22.0. The van der Waals surface area contributed by atoms with Crippen LogP contribution in [0.2, 0.25) is 0 Å². The van der Waals surface area contributed by atoms with E-state index in [1.54, 1.807) is 24.3 Å². The highest BCUT2D eigenvalue weighted by Gasteiger charge is 2.47. The lowest BCUT2D eigenvalue weighted by atomic mass is 9.97. The second kappa shape index (κ2) is 7.21. The number of nitrogens with zero attached hydrogens (tertiary/aromatic N) is 1. The lowest BCUT2D eigenvalue weighted by Gasteiger charge is -2.39. The summed E-state index contributed by atoms with van der Waals surface area (Å²) in [4.78, 5) is 13.2. The fourth-order valence-electron chi connectivity index (χ4n) is 2.76. The zero-order valence-electron chi connectivity index (χ0n) is 13.0. The van der Waals surface area contributed by atoms with Crippen LogP contribution in [0.25, 0.3) is 0 Å². The van der Waals surface area contributed by atoms with Gasteiger partial charge in [-0.25, -0.2) is 0 Å². The molecular formula is C16H21F3N2O2. The van der Waals surface area contributed by atoms with E-state index in [0.717, 1.165) is 4.90 Å². The Labute approximate surface area is 133 Å². The van der Waals surface area contributed by atoms with Crippen molar-refractivity contribution >= 4 is 5.91 Å². The molecule has 7 heteroatoms. The Balaban J connectivity index is 2.07. The van der Waals surface area contributed by atoms with Crippen LogP contribution in [-0.2, 0) is 11.2 Å². The van der Waals surface area contributed by atoms with E-state index in [2.05, 4.69) is 0 Å². The van der Waals surface area contributed by atoms with Crippen molar-refractivity contribution in [3.05, 3.63) is 29.8 Å². The van der Waals surface area contributed by atoms with Gasteiger partial charge in [-0.05, 0) is 37.5 Å². The molecule has 1 fully saturated rings. The lowest BCUT2D eigenvalue weighted by molar-refractivity contribution is -0.196. The molecule has 0 bridgehead atoms. The van der Waals surface area contributed by atoms with E-state index in [-0.39, 0.29) is 25.8 Å². The third-order valence-electron chi connectivity index (χ3n) is 3.91. The molecule has 23 heavy (non-hydrogen) atoms. The Morgan fingerprint density at radius 3 is 2.52 bits per heavy atom. The summed E-state index contributed by atoms with van der Waals surface area (Å²) in [5.74, 6) is 0.114. The molecular weight excluding hydrogens is 309 g/mol. The maximum Gasteiger partial charge on any atom is 0.408 e. The number of alkyl halides is 3. The van der Waals surface area contributed by atoms with Gasteiger partial charge >= 0.3 is 6.18 Å². The highest BCUT2D eigenvalue weighted by molar-refractivity contribution is 5.79. The Bertz CT molecular complexity index is 531. The van der Waals surface area contributed by atoms with Crippen molar-refractivity contribution in [3.63, 3.8) is 0 Å². The standard InChI is InChI=1S/C16H21F3N2O2/c1-2-23-13-6-3-11(4-7-13)9-15(22)21-10-12(20)5-8-14(21)16(17,18)19/h3-4,6-7,12,14H,2,5,8-10,20H2,1H3/t12-,14+/m0/s1. The molecule has 1 heterocycles. The fourth-order valence-corrected chi connectivity index (χ4v) is 2.76. The number of rotatable bonds is 4. The van der Waals surface area contributed by atoms with Crippen LogP contribution in [0.3, 0.4) is 0 Å². The smallest absolute Gasteiger partial charge is 0.408 e. The van der Waals surface area contributed by atoms with Gasteiger partial charge < -0.3 is 15.4 Å². The molecule has 4 nitrogen and oxygen atoms in total. The minimum atomic E-state index is -4.42. The van der Waals surface area contributed by atoms with Crippen LogP contribution in [-0.4, -0.2) is 42.2 Å². The quantitative estimate of drug-likeness (QED) is 0.923. The van der Waals surface area contributed by atoms with Crippen LogP contribution < -0.4 is 10.5 Å². The fraction of sp³-hybridized carbons (Fsp3) is 0.562. The molecule has 0 aromatic heterocycles. The van der Waals surface area contributed by atoms with Gasteiger partial charge in [-0.3, -0.25) is 4.79 Å². The Morgan fingerprint density at radius 1 is 1.30 bits per heavy atom. The molecule has 0 aliphatic carbocycles. The summed E-state index contributed by atoms with van der Waals surface area (Å²) < 4.78 is 44.6. The van der Waals surface area contributed by atoms with Crippen molar-refractivity contribution < 1.29 is 22.7 Å². The SMILES string of the molecule is CCOc1ccc(CC(=O)N2C[C@@H](N)CC[C@@H]2C(F)(F)F)cc1. The summed E-state index contributed by atoms with van der Waals surface area (Å²) in [6, 6.07) is 4.64. The van der Waals surface area contributed by atoms with Crippen molar-refractivity contribution in [2.24, 2.45) is 5.73 Å². The molecule has 2 N–H and O–H groups in total. The molecule has 1 aromatic carbocycles. The molecule has 1 aromatic rings. The molecule has 0 saturated carbocycles. The van der Waals surface area contributed by atoms with Gasteiger partial charge in [0.15, 0.2) is 0 Å². The van der Waals surface area contributed by atoms with Crippen LogP contribution in [0, 0.1) is 0 Å². The Kier molecular flexibility index (Phi) is 5.51. The topological polar surface area (TPSA) is 55.6 Å². The number of nitrogens with two attached hydrogens (primary N) is 1. The van der Waals surface area contributed by atoms with E-state index in [1.165, 1.54) is 0 Å². The average molecular weight is 330 g/mol. The van der Waals surface area contributed by atoms with Crippen LogP contribution >= 0.6 is 0 Å². The van der Waals surface area contributed by atoms with Gasteiger partial charge in [0.05, 0.1) is 13.0 Å². The van der Waals surface area contributed by atoms with Crippen molar-refractivity contribution in [1.82, 2.24) is 4.90 Å². The van der Waals surface area contributed by atoms with E-state index >= 15 is 0 Å². The average Bonchev–Trinajstić information content (AvgIpc) is 2.48. The van der Waals surface area contributed by atoms with E-state index in [1.807, 2.05) is 6.92 Å². The summed E-state index contributed by atoms with van der Waals surface area (Å²) in [6.45, 7) is 2.32. The molecule has 1 saturated heterocycles. The minimum Gasteiger partial charge on any atom is -0.494 e. The molecule has 0 spiro atoms. The molecule has 1 amide bonds. The number of ether oxygens (including phenoxy) is 1. The number of hydrogen-bond donors (Lipinski definition) is 1. The third-order valence-corrected chi connectivity index (χ3v) is 3.91. The van der Waals surface area contributed by atoms with Gasteiger partial charge in [-0.1, -0.05) is 12.1 Å². The number of likely N-dealkylation sites (tertiary alicyclic amines) is 1. The van der Waals surface area contributed by atoms with E-state index < -0.39 is 24.2 Å². The number of hydrogen-bond acceptors (Lipinski definition) is 3. The molecule has 1 aliphatic heterocycles. The van der Waals surface area contributed by atoms with Crippen molar-refractivity contribution in [3.8, 4) is 5.75 Å². The number of halogens is 3. The van der Waals surface area contributed by atoms with E-state index in [0.29, 0.717) is 17.9 Å². The monoisotopic (exact) mass is 330 g/mol. The first-order valence-corrected chi connectivity index (χ1v) is 7.64. The second-order valence-corrected chi connectivity index (χ2v) is 5.69. The molecule has 0 unspecified atom stereocenters. The predicted molar refractivity (Wildman–Crippen MR) is 80.1 cm³/mol. The number of benzene rings is 1. The van der Waals surface area contributed by atoms with E-state index in [4.69, 9.17) is 10.5 Å². The molecule has 2 atom stereocenters. The van der Waals surface area contributed by atoms with Gasteiger partial charge in [-0.15, -0.1) is 0 Å². The first-order chi connectivity index (χ1) is 10.8. The highest BCUT2D eigenvalue weighted by Crippen LogP contribution is 2.32. The zero-order chi connectivity index (χ0) is 17.0. The zero-order valence-corrected chi connectivity index (χ0v) is 13.0. The van der Waals surface area contributed by atoms with Gasteiger partial charge in [0.25, 0.3) is 0 Å².